The molecule has 6 saturated heterocycles. The van der Waals surface area contributed by atoms with Crippen LogP contribution in [0.2, 0.25) is 75.0 Å². The third-order valence-corrected chi connectivity index (χ3v) is 78.8. The highest BCUT2D eigenvalue weighted by molar-refractivity contribution is 7.12. The van der Waals surface area contributed by atoms with Gasteiger partial charge in [-0.15, -0.1) is 0 Å². The van der Waals surface area contributed by atoms with Crippen LogP contribution in [-0.4, -0.2) is 143 Å². The van der Waals surface area contributed by atoms with Gasteiger partial charge in [-0.2, -0.15) is 0 Å². The van der Waals surface area contributed by atoms with E-state index in [-0.39, 0.29) is 22.7 Å². The molecule has 0 unspecified atom stereocenters. The lowest BCUT2D eigenvalue weighted by Crippen LogP contribution is -2.89. The summed E-state index contributed by atoms with van der Waals surface area (Å²) in [5.41, 5.74) is -0.500. The normalized spacial score (nSPS) is 28.5. The van der Waals surface area contributed by atoms with Crippen LogP contribution in [0, 0.1) is 0 Å². The molecular formula is C60H72O16Si16. The van der Waals surface area contributed by atoms with Gasteiger partial charge in [0.15, 0.2) is 0 Å². The third-order valence-electron chi connectivity index (χ3n) is 16.1. The zero-order valence-electron chi connectivity index (χ0n) is 52.5. The Morgan fingerprint density at radius 3 is 0.380 bits per heavy atom. The lowest BCUT2D eigenvalue weighted by atomic mass is 10.4. The van der Waals surface area contributed by atoms with Gasteiger partial charge in [0.25, 0.3) is 0 Å². The maximum atomic E-state index is 8.54. The first kappa shape index (κ1) is 67.2. The molecule has 0 saturated carbocycles. The van der Waals surface area contributed by atoms with E-state index in [1.807, 2.05) is 146 Å². The van der Waals surface area contributed by atoms with Crippen molar-refractivity contribution in [2.75, 3.05) is 0 Å². The summed E-state index contributed by atoms with van der Waals surface area (Å²) in [6, 6.07) is 82.1. The molecule has 8 radical (unpaired) electrons. The van der Waals surface area contributed by atoms with Crippen LogP contribution >= 0.6 is 0 Å². The maximum absolute atomic E-state index is 8.54. The monoisotopic (exact) mass is 1500 g/mol. The van der Waals surface area contributed by atoms with Crippen LogP contribution in [0.4, 0.5) is 0 Å². The fourth-order valence-electron chi connectivity index (χ4n) is 12.0. The third kappa shape index (κ3) is 15.2. The molecule has 0 atom stereocenters. The molecule has 0 aliphatic carbocycles. The standard InChI is InChI=1S/C60H72O16Si16/c1-77(53-33-17-9-18-34-53)61-85-49-86(62-78(2)54-35-19-10-20-36-54)70-89(65-81(5)57-41-25-13-26-42-57)50-87(69-85,63-79(3)55-37-21-11-22-38-55)75-90(66-82(6)58-43-27-14-28-44-58)51-88(73-85,64-80(4)56-39-23-12-24-40-56)71-91(74-86,67-83(7)59-45-29-15-30-46-59)52-92(72-90,76-89)68-84(8)60-47-31-16-32-48-60/h9-48H,49-52H2,1-8H3. The van der Waals surface area contributed by atoms with Crippen LogP contribution < -0.4 is 41.5 Å². The first-order valence-corrected chi connectivity index (χ1v) is 61.4. The predicted molar refractivity (Wildman–Crippen MR) is 384 cm³/mol. The number of hydrogen-bond donors (Lipinski definition) is 0. The van der Waals surface area contributed by atoms with Gasteiger partial charge in [0, 0.05) is 0 Å². The molecule has 8 aromatic carbocycles. The van der Waals surface area contributed by atoms with E-state index in [0.717, 1.165) is 41.5 Å². The van der Waals surface area contributed by atoms with Crippen LogP contribution in [-0.2, 0) is 65.8 Å². The van der Waals surface area contributed by atoms with Gasteiger partial charge in [-0.3, -0.25) is 0 Å². The van der Waals surface area contributed by atoms with Crippen molar-refractivity contribution in [3.8, 4) is 0 Å². The number of hydrogen-bond acceptors (Lipinski definition) is 16. The molecule has 92 heavy (non-hydrogen) atoms. The zero-order valence-corrected chi connectivity index (χ0v) is 68.5. The molecule has 32 heteroatoms. The second kappa shape index (κ2) is 28.2. The summed E-state index contributed by atoms with van der Waals surface area (Å²) in [7, 11) is -54.6. The van der Waals surface area contributed by atoms with Crippen molar-refractivity contribution in [2.45, 2.75) is 75.0 Å². The maximum Gasteiger partial charge on any atom is 0.480 e. The molecule has 16 nitrogen and oxygen atoms in total. The molecular weight excluding hydrogens is 1430 g/mol. The van der Waals surface area contributed by atoms with Crippen LogP contribution in [0.3, 0.4) is 0 Å². The van der Waals surface area contributed by atoms with E-state index in [9.17, 15) is 0 Å². The molecule has 0 N–H and O–H groups in total. The second-order valence-electron chi connectivity index (χ2n) is 23.2. The Labute approximate surface area is 563 Å². The van der Waals surface area contributed by atoms with Gasteiger partial charge in [0.1, 0.15) is 0 Å². The minimum Gasteiger partial charge on any atom is -0.412 e. The molecule has 0 aromatic heterocycles. The van der Waals surface area contributed by atoms with Crippen molar-refractivity contribution >= 4 is 184 Å². The van der Waals surface area contributed by atoms with E-state index in [1.165, 1.54) is 0 Å². The summed E-state index contributed by atoms with van der Waals surface area (Å²) >= 11 is 0. The number of rotatable bonds is 24. The topological polar surface area (TPSA) is 148 Å². The molecule has 6 aliphatic heterocycles. The minimum atomic E-state index is -4.72. The van der Waals surface area contributed by atoms with Crippen molar-refractivity contribution in [1.29, 1.82) is 0 Å². The van der Waals surface area contributed by atoms with Crippen molar-refractivity contribution in [3.63, 3.8) is 0 Å². The number of benzene rings is 8. The molecule has 0 amide bonds. The van der Waals surface area contributed by atoms with Crippen molar-refractivity contribution < 1.29 is 65.8 Å². The van der Waals surface area contributed by atoms with Gasteiger partial charge in [-0.25, -0.2) is 0 Å². The van der Waals surface area contributed by atoms with E-state index in [0.29, 0.717) is 0 Å². The molecule has 6 aliphatic rings. The van der Waals surface area contributed by atoms with Crippen LogP contribution in [0.15, 0.2) is 243 Å². The predicted octanol–water partition coefficient (Wildman–Crippen LogP) is 6.22. The summed E-state index contributed by atoms with van der Waals surface area (Å²) < 4.78 is 132. The molecule has 6 heterocycles. The van der Waals surface area contributed by atoms with Gasteiger partial charge in [0.2, 0.25) is 72.3 Å². The van der Waals surface area contributed by atoms with Gasteiger partial charge < -0.3 is 65.8 Å². The Balaban J connectivity index is 1.15. The van der Waals surface area contributed by atoms with E-state index in [4.69, 9.17) is 65.8 Å². The Kier molecular flexibility index (Phi) is 20.6. The van der Waals surface area contributed by atoms with Crippen LogP contribution in [0.25, 0.3) is 0 Å². The molecule has 8 aromatic rings. The molecule has 0 spiro atoms. The highest BCUT2D eigenvalue weighted by atomic mass is 28.6. The van der Waals surface area contributed by atoms with Crippen LogP contribution in [0.1, 0.15) is 0 Å². The SMILES string of the molecule is C[Si](O[Si]12C[Si]3(O[Si](C)c4ccccc4)O[Si]4(O[Si](C)c5ccccc5)C[Si]5(O[Si](C)c6ccccc6)O[Si](O[Si](C)c6ccccc6)(C[Si](O[Si](C)c6ccccc6)(O1)O4)O[Si](O[Si](C)c1ccccc1)(C[Si](O[Si](C)c1ccccc1)(O3)O5)O2)c1ccccc1. The van der Waals surface area contributed by atoms with E-state index >= 15 is 0 Å². The van der Waals surface area contributed by atoms with Gasteiger partial charge in [0.05, 0.1) is 22.7 Å². The second-order valence-corrected chi connectivity index (χ2v) is 66.3. The van der Waals surface area contributed by atoms with E-state index in [2.05, 4.69) is 149 Å². The Bertz CT molecular complexity index is 2910. The minimum absolute atomic E-state index is 0.125. The van der Waals surface area contributed by atoms with Crippen molar-refractivity contribution in [3.05, 3.63) is 243 Å². The first-order valence-electron chi connectivity index (χ1n) is 30.6. The van der Waals surface area contributed by atoms with Gasteiger partial charge in [-0.1, -0.05) is 243 Å². The fraction of sp³-hybridized carbons (Fsp3) is 0.200. The quantitative estimate of drug-likeness (QED) is 0.0631. The average Bonchev–Trinajstić information content (AvgIpc) is 0.683. The lowest BCUT2D eigenvalue weighted by Gasteiger charge is -2.62. The Morgan fingerprint density at radius 2 is 0.283 bits per heavy atom. The zero-order chi connectivity index (χ0) is 63.7. The molecule has 6 fully saturated rings. The lowest BCUT2D eigenvalue weighted by molar-refractivity contribution is 0.0402. The van der Waals surface area contributed by atoms with Crippen LogP contribution in [0.5, 0.6) is 0 Å². The first-order chi connectivity index (χ1) is 44.4. The highest BCUT2D eigenvalue weighted by Crippen LogP contribution is 2.55. The molecule has 14 rings (SSSR count). The largest absolute Gasteiger partial charge is 0.480 e. The summed E-state index contributed by atoms with van der Waals surface area (Å²) in [5.74, 6) is 0. The van der Waals surface area contributed by atoms with Crippen molar-refractivity contribution in [1.82, 2.24) is 0 Å². The Hall–Kier alpha value is -3.41. The molecule has 472 valence electrons. The summed E-state index contributed by atoms with van der Waals surface area (Å²) in [4.78, 5) is 0. The summed E-state index contributed by atoms with van der Waals surface area (Å²) in [6.45, 7) is 17.0. The van der Waals surface area contributed by atoms with E-state index in [1.54, 1.807) is 0 Å². The average molecular weight is 1500 g/mol. The van der Waals surface area contributed by atoms with Crippen molar-refractivity contribution in [2.24, 2.45) is 0 Å². The highest BCUT2D eigenvalue weighted by Gasteiger charge is 2.86. The summed E-state index contributed by atoms with van der Waals surface area (Å²) in [6.07, 6.45) is 0. The van der Waals surface area contributed by atoms with Gasteiger partial charge >= 0.3 is 70.4 Å². The van der Waals surface area contributed by atoms with E-state index < -0.39 is 143 Å². The fourth-order valence-corrected chi connectivity index (χ4v) is 95.2. The molecule has 8 bridgehead atoms. The van der Waals surface area contributed by atoms with Gasteiger partial charge in [-0.05, 0) is 93.9 Å². The smallest absolute Gasteiger partial charge is 0.412 e. The summed E-state index contributed by atoms with van der Waals surface area (Å²) in [5, 5.41) is 7.86. The Morgan fingerprint density at radius 1 is 0.185 bits per heavy atom.